The van der Waals surface area contributed by atoms with Gasteiger partial charge in [-0.05, 0) is 41.7 Å². The predicted octanol–water partition coefficient (Wildman–Crippen LogP) is 5.43. The first-order valence-electron chi connectivity index (χ1n) is 11.1. The summed E-state index contributed by atoms with van der Waals surface area (Å²) in [6, 6.07) is 25.6. The van der Waals surface area contributed by atoms with Crippen LogP contribution in [0.1, 0.15) is 30.0 Å². The molecule has 2 heterocycles. The summed E-state index contributed by atoms with van der Waals surface area (Å²) in [5.74, 6) is -0.273. The number of aliphatic hydroxyl groups is 1. The normalized spacial score (nSPS) is 16.2. The molecule has 1 aromatic heterocycles. The summed E-state index contributed by atoms with van der Waals surface area (Å²) in [6.45, 7) is 1.54. The molecule has 2 N–H and O–H groups in total. The zero-order chi connectivity index (χ0) is 21.9. The Bertz CT molecular complexity index is 1170. The fourth-order valence-electron chi connectivity index (χ4n) is 4.60. The Morgan fingerprint density at radius 3 is 2.25 bits per heavy atom. The van der Waals surface area contributed by atoms with Gasteiger partial charge in [-0.3, -0.25) is 10.00 Å². The van der Waals surface area contributed by atoms with Gasteiger partial charge in [0.25, 0.3) is 0 Å². The number of aromatic amines is 1. The maximum atomic E-state index is 14.6. The molecule has 0 aliphatic carbocycles. The van der Waals surface area contributed by atoms with E-state index in [-0.39, 0.29) is 18.0 Å². The van der Waals surface area contributed by atoms with Gasteiger partial charge in [-0.2, -0.15) is 5.10 Å². The van der Waals surface area contributed by atoms with Crippen LogP contribution < -0.4 is 0 Å². The van der Waals surface area contributed by atoms with Crippen LogP contribution in [0.3, 0.4) is 0 Å². The number of hydrogen-bond donors (Lipinski definition) is 2. The first kappa shape index (κ1) is 20.6. The minimum absolute atomic E-state index is 0.0827. The lowest BCUT2D eigenvalue weighted by Gasteiger charge is -2.36. The van der Waals surface area contributed by atoms with E-state index in [1.54, 1.807) is 12.1 Å². The lowest BCUT2D eigenvalue weighted by Crippen LogP contribution is -2.39. The summed E-state index contributed by atoms with van der Waals surface area (Å²) in [7, 11) is 0. The lowest BCUT2D eigenvalue weighted by molar-refractivity contribution is 0.0689. The van der Waals surface area contributed by atoms with Crippen molar-refractivity contribution in [2.75, 3.05) is 13.1 Å². The SMILES string of the molecule is OC1CCN(C(c2ccc(-c3ccccc3)cc2)c2cn[nH]c2-c2ccccc2F)CC1. The van der Waals surface area contributed by atoms with Gasteiger partial charge in [0, 0.05) is 24.2 Å². The summed E-state index contributed by atoms with van der Waals surface area (Å²) in [5.41, 5.74) is 5.61. The Morgan fingerprint density at radius 2 is 1.53 bits per heavy atom. The molecule has 0 bridgehead atoms. The van der Waals surface area contributed by atoms with Crippen molar-refractivity contribution in [1.29, 1.82) is 0 Å². The van der Waals surface area contributed by atoms with E-state index >= 15 is 0 Å². The molecule has 1 atom stereocenters. The van der Waals surface area contributed by atoms with Crippen molar-refractivity contribution in [1.82, 2.24) is 15.1 Å². The molecule has 4 aromatic rings. The molecule has 0 radical (unpaired) electrons. The molecule has 1 fully saturated rings. The van der Waals surface area contributed by atoms with Crippen LogP contribution in [-0.4, -0.2) is 39.4 Å². The van der Waals surface area contributed by atoms with Gasteiger partial charge in [0.05, 0.1) is 24.0 Å². The van der Waals surface area contributed by atoms with Crippen LogP contribution in [0, 0.1) is 5.82 Å². The third kappa shape index (κ3) is 4.09. The number of nitrogens with zero attached hydrogens (tertiary/aromatic N) is 2. The molecule has 1 unspecified atom stereocenters. The summed E-state index contributed by atoms with van der Waals surface area (Å²) in [5, 5.41) is 17.4. The monoisotopic (exact) mass is 427 g/mol. The van der Waals surface area contributed by atoms with E-state index in [1.807, 2.05) is 30.5 Å². The number of aromatic nitrogens is 2. The summed E-state index contributed by atoms with van der Waals surface area (Å²) in [4.78, 5) is 2.36. The van der Waals surface area contributed by atoms with Crippen LogP contribution in [0.15, 0.2) is 85.1 Å². The molecule has 5 heteroatoms. The zero-order valence-corrected chi connectivity index (χ0v) is 17.8. The number of H-pyrrole nitrogens is 1. The van der Waals surface area contributed by atoms with E-state index < -0.39 is 0 Å². The number of nitrogens with one attached hydrogen (secondary N) is 1. The van der Waals surface area contributed by atoms with Crippen molar-refractivity contribution in [3.8, 4) is 22.4 Å². The molecule has 3 aromatic carbocycles. The Kier molecular flexibility index (Phi) is 5.84. The molecule has 0 saturated carbocycles. The highest BCUT2D eigenvalue weighted by atomic mass is 19.1. The maximum Gasteiger partial charge on any atom is 0.132 e. The van der Waals surface area contributed by atoms with E-state index in [2.05, 4.69) is 51.5 Å². The molecular weight excluding hydrogens is 401 g/mol. The summed E-state index contributed by atoms with van der Waals surface area (Å²) < 4.78 is 14.6. The standard InChI is InChI=1S/C27H26FN3O/c28-25-9-5-4-8-23(25)26-24(18-29-30-26)27(31-16-14-22(32)15-17-31)21-12-10-20(11-13-21)19-6-2-1-3-7-19/h1-13,18,22,27,32H,14-17H2,(H,29,30). The van der Waals surface area contributed by atoms with Gasteiger partial charge >= 0.3 is 0 Å². The number of piperidine rings is 1. The fraction of sp³-hybridized carbons (Fsp3) is 0.222. The van der Waals surface area contributed by atoms with Gasteiger partial charge in [0.15, 0.2) is 0 Å². The van der Waals surface area contributed by atoms with Crippen molar-refractivity contribution in [2.45, 2.75) is 25.0 Å². The van der Waals surface area contributed by atoms with Crippen LogP contribution >= 0.6 is 0 Å². The first-order valence-corrected chi connectivity index (χ1v) is 11.1. The fourth-order valence-corrected chi connectivity index (χ4v) is 4.60. The number of aliphatic hydroxyl groups excluding tert-OH is 1. The van der Waals surface area contributed by atoms with Crippen LogP contribution in [0.25, 0.3) is 22.4 Å². The average Bonchev–Trinajstić information content (AvgIpc) is 3.31. The molecule has 4 nitrogen and oxygen atoms in total. The molecule has 32 heavy (non-hydrogen) atoms. The average molecular weight is 428 g/mol. The molecule has 1 aliphatic heterocycles. The predicted molar refractivity (Wildman–Crippen MR) is 125 cm³/mol. The lowest BCUT2D eigenvalue weighted by atomic mass is 9.91. The largest absolute Gasteiger partial charge is 0.393 e. The van der Waals surface area contributed by atoms with E-state index in [4.69, 9.17) is 0 Å². The van der Waals surface area contributed by atoms with E-state index in [9.17, 15) is 9.50 Å². The second-order valence-electron chi connectivity index (χ2n) is 8.34. The first-order chi connectivity index (χ1) is 15.7. The smallest absolute Gasteiger partial charge is 0.132 e. The Morgan fingerprint density at radius 1 is 0.875 bits per heavy atom. The number of likely N-dealkylation sites (tertiary alicyclic amines) is 1. The minimum Gasteiger partial charge on any atom is -0.393 e. The summed E-state index contributed by atoms with van der Waals surface area (Å²) in [6.07, 6.45) is 3.00. The quantitative estimate of drug-likeness (QED) is 0.447. The number of hydrogen-bond acceptors (Lipinski definition) is 3. The second kappa shape index (κ2) is 9.07. The number of rotatable bonds is 5. The van der Waals surface area contributed by atoms with Crippen molar-refractivity contribution in [3.05, 3.63) is 102 Å². The molecule has 1 aliphatic rings. The van der Waals surface area contributed by atoms with Crippen LogP contribution in [0.2, 0.25) is 0 Å². The van der Waals surface area contributed by atoms with Gasteiger partial charge in [-0.25, -0.2) is 4.39 Å². The maximum absolute atomic E-state index is 14.6. The van der Waals surface area contributed by atoms with Gasteiger partial charge in [-0.15, -0.1) is 0 Å². The van der Waals surface area contributed by atoms with Crippen LogP contribution in [-0.2, 0) is 0 Å². The topological polar surface area (TPSA) is 52.1 Å². The van der Waals surface area contributed by atoms with Crippen LogP contribution in [0.5, 0.6) is 0 Å². The van der Waals surface area contributed by atoms with E-state index in [0.717, 1.165) is 42.6 Å². The second-order valence-corrected chi connectivity index (χ2v) is 8.34. The van der Waals surface area contributed by atoms with Gasteiger partial charge in [0.2, 0.25) is 0 Å². The van der Waals surface area contributed by atoms with E-state index in [1.165, 1.54) is 11.6 Å². The number of benzene rings is 3. The third-order valence-corrected chi connectivity index (χ3v) is 6.30. The molecular formula is C27H26FN3O. The van der Waals surface area contributed by atoms with Crippen molar-refractivity contribution in [2.24, 2.45) is 0 Å². The Hall–Kier alpha value is -3.28. The van der Waals surface area contributed by atoms with Crippen molar-refractivity contribution in [3.63, 3.8) is 0 Å². The third-order valence-electron chi connectivity index (χ3n) is 6.30. The number of halogens is 1. The molecule has 0 spiro atoms. The van der Waals surface area contributed by atoms with Gasteiger partial charge in [0.1, 0.15) is 5.82 Å². The van der Waals surface area contributed by atoms with Gasteiger partial charge < -0.3 is 5.11 Å². The van der Waals surface area contributed by atoms with Crippen molar-refractivity contribution >= 4 is 0 Å². The van der Waals surface area contributed by atoms with Crippen molar-refractivity contribution < 1.29 is 9.50 Å². The molecule has 1 saturated heterocycles. The highest BCUT2D eigenvalue weighted by molar-refractivity contribution is 5.66. The van der Waals surface area contributed by atoms with E-state index in [0.29, 0.717) is 11.3 Å². The highest BCUT2D eigenvalue weighted by Gasteiger charge is 2.30. The van der Waals surface area contributed by atoms with Crippen LogP contribution in [0.4, 0.5) is 4.39 Å². The molecule has 5 rings (SSSR count). The minimum atomic E-state index is -0.273. The Balaban J connectivity index is 1.56. The Labute approximate surface area is 187 Å². The summed E-state index contributed by atoms with van der Waals surface area (Å²) >= 11 is 0. The zero-order valence-electron chi connectivity index (χ0n) is 17.8. The highest BCUT2D eigenvalue weighted by Crippen LogP contribution is 2.37. The van der Waals surface area contributed by atoms with Gasteiger partial charge in [-0.1, -0.05) is 66.7 Å². The molecule has 0 amide bonds. The molecule has 162 valence electrons.